The van der Waals surface area contributed by atoms with Crippen molar-refractivity contribution >= 4 is 17.5 Å². The zero-order chi connectivity index (χ0) is 15.0. The summed E-state index contributed by atoms with van der Waals surface area (Å²) >= 11 is 0. The van der Waals surface area contributed by atoms with Crippen LogP contribution in [0.5, 0.6) is 5.75 Å². The zero-order valence-electron chi connectivity index (χ0n) is 12.3. The third-order valence-corrected chi connectivity index (χ3v) is 5.97. The highest BCUT2D eigenvalue weighted by Gasteiger charge is 2.67. The molecule has 112 valence electrons. The van der Waals surface area contributed by atoms with Crippen molar-refractivity contribution in [3.8, 4) is 5.75 Å². The Bertz CT molecular complexity index is 689. The Labute approximate surface area is 128 Å². The molecule has 1 aliphatic heterocycles. The fourth-order valence-electron chi connectivity index (χ4n) is 4.96. The van der Waals surface area contributed by atoms with Crippen LogP contribution in [0.1, 0.15) is 6.42 Å². The van der Waals surface area contributed by atoms with Crippen LogP contribution in [0.15, 0.2) is 36.4 Å². The molecule has 6 rings (SSSR count). The van der Waals surface area contributed by atoms with E-state index in [9.17, 15) is 9.59 Å². The fraction of sp³-hybridized carbons (Fsp3) is 0.444. The van der Waals surface area contributed by atoms with Crippen molar-refractivity contribution in [3.05, 3.63) is 36.4 Å². The van der Waals surface area contributed by atoms with E-state index in [1.165, 1.54) is 11.3 Å². The first-order valence-electron chi connectivity index (χ1n) is 7.91. The molecule has 0 spiro atoms. The molecule has 5 aliphatic rings. The van der Waals surface area contributed by atoms with Gasteiger partial charge in [0.05, 0.1) is 24.6 Å². The second kappa shape index (κ2) is 4.00. The monoisotopic (exact) mass is 295 g/mol. The van der Waals surface area contributed by atoms with Crippen LogP contribution >= 0.6 is 0 Å². The summed E-state index contributed by atoms with van der Waals surface area (Å²) in [5.74, 6) is 2.16. The lowest BCUT2D eigenvalue weighted by atomic mass is 9.63. The summed E-state index contributed by atoms with van der Waals surface area (Å²) in [6.45, 7) is 0. The van der Waals surface area contributed by atoms with Crippen LogP contribution in [-0.2, 0) is 9.59 Å². The summed E-state index contributed by atoms with van der Waals surface area (Å²) in [7, 11) is 1.59. The molecule has 22 heavy (non-hydrogen) atoms. The number of imide groups is 1. The molecule has 2 saturated carbocycles. The Kier molecular flexibility index (Phi) is 2.26. The van der Waals surface area contributed by atoms with Gasteiger partial charge in [-0.3, -0.25) is 9.59 Å². The minimum absolute atomic E-state index is 0.0204. The molecule has 4 nitrogen and oxygen atoms in total. The molecule has 0 aromatic heterocycles. The Hall–Kier alpha value is -2.10. The molecular formula is C18H17NO3. The average molecular weight is 295 g/mol. The quantitative estimate of drug-likeness (QED) is 0.621. The Balaban J connectivity index is 1.57. The number of rotatable bonds is 2. The van der Waals surface area contributed by atoms with Gasteiger partial charge in [-0.15, -0.1) is 0 Å². The summed E-state index contributed by atoms with van der Waals surface area (Å²) in [5.41, 5.74) is 0.636. The molecule has 3 fully saturated rings. The minimum atomic E-state index is -0.141. The molecule has 2 amide bonds. The lowest BCUT2D eigenvalue weighted by molar-refractivity contribution is -0.124. The second-order valence-electron chi connectivity index (χ2n) is 6.87. The third-order valence-electron chi connectivity index (χ3n) is 5.97. The van der Waals surface area contributed by atoms with Gasteiger partial charge in [0.15, 0.2) is 0 Å². The van der Waals surface area contributed by atoms with Gasteiger partial charge < -0.3 is 4.74 Å². The number of anilines is 1. The number of nitrogens with zero attached hydrogens (tertiary/aromatic N) is 1. The van der Waals surface area contributed by atoms with Gasteiger partial charge in [-0.25, -0.2) is 4.90 Å². The maximum atomic E-state index is 12.9. The van der Waals surface area contributed by atoms with Gasteiger partial charge in [0, 0.05) is 6.07 Å². The van der Waals surface area contributed by atoms with E-state index >= 15 is 0 Å². The Morgan fingerprint density at radius 2 is 1.68 bits per heavy atom. The van der Waals surface area contributed by atoms with Crippen molar-refractivity contribution in [1.29, 1.82) is 0 Å². The van der Waals surface area contributed by atoms with Gasteiger partial charge >= 0.3 is 0 Å². The van der Waals surface area contributed by atoms with E-state index < -0.39 is 0 Å². The molecule has 4 heteroatoms. The standard InChI is InChI=1S/C18H17NO3/c1-22-10-4-2-3-9(7-10)19-17(20)15-11-5-6-12(14-8-13(11)14)16(15)18(19)21/h2-7,11-16H,8H2,1H3/t11-,12-,13?,14?,15?,16?/m0/s1. The first-order valence-corrected chi connectivity index (χ1v) is 7.91. The van der Waals surface area contributed by atoms with Crippen molar-refractivity contribution in [2.75, 3.05) is 12.0 Å². The lowest BCUT2D eigenvalue weighted by Gasteiger charge is -2.37. The number of carbonyl (C=O) groups is 2. The number of allylic oxidation sites excluding steroid dienone is 2. The summed E-state index contributed by atoms with van der Waals surface area (Å²) in [5, 5.41) is 0. The smallest absolute Gasteiger partial charge is 0.238 e. The first kappa shape index (κ1) is 12.4. The van der Waals surface area contributed by atoms with Gasteiger partial charge in [0.1, 0.15) is 5.75 Å². The van der Waals surface area contributed by atoms with E-state index in [-0.39, 0.29) is 35.5 Å². The molecule has 1 aromatic rings. The zero-order valence-corrected chi connectivity index (χ0v) is 12.3. The van der Waals surface area contributed by atoms with Gasteiger partial charge in [-0.1, -0.05) is 18.2 Å². The highest BCUT2D eigenvalue weighted by atomic mass is 16.5. The number of ether oxygens (including phenoxy) is 1. The maximum absolute atomic E-state index is 12.9. The van der Waals surface area contributed by atoms with Crippen LogP contribution in [0.3, 0.4) is 0 Å². The molecule has 2 bridgehead atoms. The third kappa shape index (κ3) is 1.38. The molecule has 1 aromatic carbocycles. The van der Waals surface area contributed by atoms with Crippen molar-refractivity contribution in [1.82, 2.24) is 0 Å². The molecular weight excluding hydrogens is 278 g/mol. The van der Waals surface area contributed by atoms with Crippen LogP contribution in [0.25, 0.3) is 0 Å². The maximum Gasteiger partial charge on any atom is 0.238 e. The SMILES string of the molecule is COc1cccc(N2C(=O)C3C(C2=O)[C@H]2C=C[C@H]3C3CC32)c1. The van der Waals surface area contributed by atoms with Crippen LogP contribution in [0, 0.1) is 35.5 Å². The highest BCUT2D eigenvalue weighted by Crippen LogP contribution is 2.65. The van der Waals surface area contributed by atoms with Crippen LogP contribution in [0.2, 0.25) is 0 Å². The summed E-state index contributed by atoms with van der Waals surface area (Å²) in [6, 6.07) is 7.22. The Morgan fingerprint density at radius 3 is 2.27 bits per heavy atom. The number of hydrogen-bond acceptors (Lipinski definition) is 3. The van der Waals surface area contributed by atoms with Gasteiger partial charge in [0.2, 0.25) is 11.8 Å². The van der Waals surface area contributed by atoms with E-state index in [0.29, 0.717) is 23.3 Å². The van der Waals surface area contributed by atoms with E-state index in [0.717, 1.165) is 0 Å². The van der Waals surface area contributed by atoms with Gasteiger partial charge in [0.25, 0.3) is 0 Å². The van der Waals surface area contributed by atoms with E-state index in [2.05, 4.69) is 12.2 Å². The number of benzene rings is 1. The molecule has 0 radical (unpaired) electrons. The second-order valence-corrected chi connectivity index (χ2v) is 6.87. The van der Waals surface area contributed by atoms with Crippen molar-refractivity contribution < 1.29 is 14.3 Å². The van der Waals surface area contributed by atoms with Crippen LogP contribution in [0.4, 0.5) is 5.69 Å². The largest absolute Gasteiger partial charge is 0.497 e. The predicted molar refractivity (Wildman–Crippen MR) is 80.2 cm³/mol. The number of amides is 2. The fourth-order valence-corrected chi connectivity index (χ4v) is 4.96. The normalized spacial score (nSPS) is 40.7. The summed E-state index contributed by atoms with van der Waals surface area (Å²) in [4.78, 5) is 27.3. The molecule has 4 unspecified atom stereocenters. The highest BCUT2D eigenvalue weighted by molar-refractivity contribution is 6.22. The topological polar surface area (TPSA) is 46.6 Å². The molecule has 6 atom stereocenters. The van der Waals surface area contributed by atoms with Crippen LogP contribution in [-0.4, -0.2) is 18.9 Å². The average Bonchev–Trinajstić information content (AvgIpc) is 3.32. The summed E-state index contributed by atoms with van der Waals surface area (Å²) in [6.07, 6.45) is 5.58. The van der Waals surface area contributed by atoms with Crippen molar-refractivity contribution in [3.63, 3.8) is 0 Å². The number of hydrogen-bond donors (Lipinski definition) is 0. The Morgan fingerprint density at radius 1 is 1.05 bits per heavy atom. The number of methoxy groups -OCH3 is 1. The van der Waals surface area contributed by atoms with Gasteiger partial charge in [-0.05, 0) is 42.2 Å². The van der Waals surface area contributed by atoms with Gasteiger partial charge in [-0.2, -0.15) is 0 Å². The summed E-state index contributed by atoms with van der Waals surface area (Å²) < 4.78 is 5.22. The molecule has 1 heterocycles. The molecule has 0 N–H and O–H groups in total. The molecule has 4 aliphatic carbocycles. The van der Waals surface area contributed by atoms with E-state index in [1.807, 2.05) is 18.2 Å². The minimum Gasteiger partial charge on any atom is -0.497 e. The number of carbonyl (C=O) groups excluding carboxylic acids is 2. The first-order chi connectivity index (χ1) is 10.7. The van der Waals surface area contributed by atoms with Crippen molar-refractivity contribution in [2.24, 2.45) is 35.5 Å². The van der Waals surface area contributed by atoms with E-state index in [1.54, 1.807) is 13.2 Å². The predicted octanol–water partition coefficient (Wildman–Crippen LogP) is 2.25. The lowest BCUT2D eigenvalue weighted by Crippen LogP contribution is -2.40. The molecule has 1 saturated heterocycles. The van der Waals surface area contributed by atoms with E-state index in [4.69, 9.17) is 4.74 Å². The van der Waals surface area contributed by atoms with Crippen LogP contribution < -0.4 is 9.64 Å². The van der Waals surface area contributed by atoms with Crippen molar-refractivity contribution in [2.45, 2.75) is 6.42 Å².